The predicted molar refractivity (Wildman–Crippen MR) is 79.2 cm³/mol. The van der Waals surface area contributed by atoms with Crippen molar-refractivity contribution in [2.24, 2.45) is 0 Å². The van der Waals surface area contributed by atoms with Crippen LogP contribution in [0.1, 0.15) is 26.3 Å². The summed E-state index contributed by atoms with van der Waals surface area (Å²) in [5.74, 6) is -1.86. The quantitative estimate of drug-likeness (QED) is 0.812. The molecule has 2 rings (SSSR count). The Hall–Kier alpha value is -2.53. The van der Waals surface area contributed by atoms with Gasteiger partial charge in [-0.15, -0.1) is 0 Å². The summed E-state index contributed by atoms with van der Waals surface area (Å²) in [6, 6.07) is 8.52. The Bertz CT molecular complexity index is 728. The van der Waals surface area contributed by atoms with Gasteiger partial charge in [0.15, 0.2) is 0 Å². The minimum atomic E-state index is -1.09. The third-order valence-electron chi connectivity index (χ3n) is 2.94. The highest BCUT2D eigenvalue weighted by atomic mass is 35.5. The molecule has 0 aromatic heterocycles. The standard InChI is InChI=1S/C15H12ClNO4/c1-8-2-3-9(15(20)21)6-12(8)17-14(19)11-7-10(16)4-5-13(11)18/h2-7,18H,1H3,(H,17,19)(H,20,21). The Labute approximate surface area is 125 Å². The van der Waals surface area contributed by atoms with E-state index in [-0.39, 0.29) is 16.9 Å². The molecule has 6 heteroatoms. The van der Waals surface area contributed by atoms with Crippen molar-refractivity contribution in [1.29, 1.82) is 0 Å². The number of carboxylic acid groups (broad SMARTS) is 1. The number of anilines is 1. The van der Waals surface area contributed by atoms with Crippen molar-refractivity contribution in [3.63, 3.8) is 0 Å². The smallest absolute Gasteiger partial charge is 0.335 e. The zero-order chi connectivity index (χ0) is 15.6. The Kier molecular flexibility index (Phi) is 4.14. The highest BCUT2D eigenvalue weighted by Gasteiger charge is 2.14. The molecule has 0 spiro atoms. The van der Waals surface area contributed by atoms with E-state index in [0.717, 1.165) is 0 Å². The number of hydrogen-bond acceptors (Lipinski definition) is 3. The van der Waals surface area contributed by atoms with Gasteiger partial charge in [-0.05, 0) is 42.8 Å². The van der Waals surface area contributed by atoms with E-state index in [1.165, 1.54) is 30.3 Å². The third-order valence-corrected chi connectivity index (χ3v) is 3.17. The Balaban J connectivity index is 2.33. The van der Waals surface area contributed by atoms with Crippen LogP contribution < -0.4 is 5.32 Å². The number of hydrogen-bond donors (Lipinski definition) is 3. The van der Waals surface area contributed by atoms with Crippen molar-refractivity contribution in [1.82, 2.24) is 0 Å². The molecule has 0 atom stereocenters. The number of halogens is 1. The Morgan fingerprint density at radius 3 is 2.52 bits per heavy atom. The molecule has 1 amide bonds. The highest BCUT2D eigenvalue weighted by molar-refractivity contribution is 6.31. The van der Waals surface area contributed by atoms with Crippen LogP contribution in [0.5, 0.6) is 5.75 Å². The molecule has 0 bridgehead atoms. The van der Waals surface area contributed by atoms with Crippen molar-refractivity contribution in [2.75, 3.05) is 5.32 Å². The summed E-state index contributed by atoms with van der Waals surface area (Å²) in [6.45, 7) is 1.74. The van der Waals surface area contributed by atoms with Crippen molar-refractivity contribution in [2.45, 2.75) is 6.92 Å². The van der Waals surface area contributed by atoms with Crippen LogP contribution in [-0.2, 0) is 0 Å². The molecule has 0 heterocycles. The minimum absolute atomic E-state index is 0.0163. The molecule has 0 saturated heterocycles. The highest BCUT2D eigenvalue weighted by Crippen LogP contribution is 2.24. The molecule has 0 saturated carbocycles. The van der Waals surface area contributed by atoms with Crippen LogP contribution in [0.4, 0.5) is 5.69 Å². The molecule has 2 aromatic carbocycles. The summed E-state index contributed by atoms with van der Waals surface area (Å²) in [6.07, 6.45) is 0. The predicted octanol–water partition coefficient (Wildman–Crippen LogP) is 3.30. The van der Waals surface area contributed by atoms with Gasteiger partial charge in [-0.1, -0.05) is 17.7 Å². The number of rotatable bonds is 3. The number of carbonyl (C=O) groups excluding carboxylic acids is 1. The zero-order valence-corrected chi connectivity index (χ0v) is 11.8. The lowest BCUT2D eigenvalue weighted by atomic mass is 10.1. The van der Waals surface area contributed by atoms with Gasteiger partial charge in [-0.25, -0.2) is 4.79 Å². The van der Waals surface area contributed by atoms with E-state index >= 15 is 0 Å². The maximum atomic E-state index is 12.1. The lowest BCUT2D eigenvalue weighted by Crippen LogP contribution is -2.13. The maximum absolute atomic E-state index is 12.1. The molecule has 0 radical (unpaired) electrons. The number of phenolic OH excluding ortho intramolecular Hbond substituents is 1. The maximum Gasteiger partial charge on any atom is 0.335 e. The number of benzene rings is 2. The number of amides is 1. The van der Waals surface area contributed by atoms with Gasteiger partial charge < -0.3 is 15.5 Å². The minimum Gasteiger partial charge on any atom is -0.507 e. The fraction of sp³-hybridized carbons (Fsp3) is 0.0667. The summed E-state index contributed by atoms with van der Waals surface area (Å²) in [5, 5.41) is 21.5. The average Bonchev–Trinajstić information content (AvgIpc) is 2.43. The number of aromatic hydroxyl groups is 1. The third kappa shape index (κ3) is 3.32. The van der Waals surface area contributed by atoms with Crippen LogP contribution in [0, 0.1) is 6.92 Å². The van der Waals surface area contributed by atoms with Crippen LogP contribution in [0.15, 0.2) is 36.4 Å². The van der Waals surface area contributed by atoms with Gasteiger partial charge in [0.25, 0.3) is 5.91 Å². The number of nitrogens with one attached hydrogen (secondary N) is 1. The monoisotopic (exact) mass is 305 g/mol. The molecule has 5 nitrogen and oxygen atoms in total. The molecule has 0 aliphatic heterocycles. The lowest BCUT2D eigenvalue weighted by Gasteiger charge is -2.10. The summed E-state index contributed by atoms with van der Waals surface area (Å²) in [5.41, 5.74) is 1.14. The largest absolute Gasteiger partial charge is 0.507 e. The summed E-state index contributed by atoms with van der Waals surface area (Å²) in [7, 11) is 0. The molecule has 0 aliphatic carbocycles. The molecular weight excluding hydrogens is 294 g/mol. The van der Waals surface area contributed by atoms with Gasteiger partial charge in [-0.2, -0.15) is 0 Å². The summed E-state index contributed by atoms with van der Waals surface area (Å²) >= 11 is 5.79. The van der Waals surface area contributed by atoms with Crippen molar-refractivity contribution in [3.8, 4) is 5.75 Å². The van der Waals surface area contributed by atoms with Crippen molar-refractivity contribution >= 4 is 29.2 Å². The first-order chi connectivity index (χ1) is 9.88. The van der Waals surface area contributed by atoms with Crippen LogP contribution in [-0.4, -0.2) is 22.1 Å². The van der Waals surface area contributed by atoms with Crippen molar-refractivity contribution < 1.29 is 19.8 Å². The topological polar surface area (TPSA) is 86.6 Å². The second kappa shape index (κ2) is 5.85. The second-order valence-electron chi connectivity index (χ2n) is 4.45. The molecule has 0 unspecified atom stereocenters. The van der Waals surface area contributed by atoms with Gasteiger partial charge in [0.05, 0.1) is 11.1 Å². The van der Waals surface area contributed by atoms with E-state index in [0.29, 0.717) is 16.3 Å². The Morgan fingerprint density at radius 1 is 1.14 bits per heavy atom. The van der Waals surface area contributed by atoms with E-state index in [1.807, 2.05) is 0 Å². The molecular formula is C15H12ClNO4. The second-order valence-corrected chi connectivity index (χ2v) is 4.89. The van der Waals surface area contributed by atoms with Crippen molar-refractivity contribution in [3.05, 3.63) is 58.1 Å². The lowest BCUT2D eigenvalue weighted by molar-refractivity contribution is 0.0696. The van der Waals surface area contributed by atoms with Crippen LogP contribution in [0.3, 0.4) is 0 Å². The van der Waals surface area contributed by atoms with E-state index in [1.54, 1.807) is 13.0 Å². The molecule has 3 N–H and O–H groups in total. The Morgan fingerprint density at radius 2 is 1.86 bits per heavy atom. The number of carboxylic acids is 1. The molecule has 108 valence electrons. The van der Waals surface area contributed by atoms with Crippen LogP contribution >= 0.6 is 11.6 Å². The molecule has 21 heavy (non-hydrogen) atoms. The van der Waals surface area contributed by atoms with Gasteiger partial charge >= 0.3 is 5.97 Å². The average molecular weight is 306 g/mol. The van der Waals surface area contributed by atoms with Gasteiger partial charge in [0.1, 0.15) is 5.75 Å². The van der Waals surface area contributed by atoms with E-state index < -0.39 is 11.9 Å². The van der Waals surface area contributed by atoms with Crippen LogP contribution in [0.2, 0.25) is 5.02 Å². The fourth-order valence-electron chi connectivity index (χ4n) is 1.77. The summed E-state index contributed by atoms with van der Waals surface area (Å²) < 4.78 is 0. The van der Waals surface area contributed by atoms with Crippen LogP contribution in [0.25, 0.3) is 0 Å². The van der Waals surface area contributed by atoms with Gasteiger partial charge in [0.2, 0.25) is 0 Å². The molecule has 2 aromatic rings. The first kappa shape index (κ1) is 14.9. The first-order valence-electron chi connectivity index (χ1n) is 6.02. The fourth-order valence-corrected chi connectivity index (χ4v) is 1.94. The van der Waals surface area contributed by atoms with Gasteiger partial charge in [-0.3, -0.25) is 4.79 Å². The normalized spacial score (nSPS) is 10.2. The summed E-state index contributed by atoms with van der Waals surface area (Å²) in [4.78, 5) is 23.1. The van der Waals surface area contributed by atoms with E-state index in [9.17, 15) is 14.7 Å². The molecule has 0 fully saturated rings. The number of aryl methyl sites for hydroxylation is 1. The van der Waals surface area contributed by atoms with Gasteiger partial charge in [0, 0.05) is 10.7 Å². The molecule has 0 aliphatic rings. The zero-order valence-electron chi connectivity index (χ0n) is 11.1. The first-order valence-corrected chi connectivity index (χ1v) is 6.40. The van der Waals surface area contributed by atoms with E-state index in [4.69, 9.17) is 16.7 Å². The SMILES string of the molecule is Cc1ccc(C(=O)O)cc1NC(=O)c1cc(Cl)ccc1O. The number of aromatic carboxylic acids is 1. The number of carbonyl (C=O) groups is 2. The number of phenols is 1. The van der Waals surface area contributed by atoms with E-state index in [2.05, 4.69) is 5.32 Å².